The molecule has 0 aliphatic carbocycles. The van der Waals surface area contributed by atoms with Crippen LogP contribution in [0.15, 0.2) is 76.4 Å². The number of amides is 1. The molecule has 29 heavy (non-hydrogen) atoms. The highest BCUT2D eigenvalue weighted by Gasteiger charge is 2.09. The van der Waals surface area contributed by atoms with Gasteiger partial charge in [0.1, 0.15) is 6.61 Å². The van der Waals surface area contributed by atoms with Crippen LogP contribution >= 0.6 is 27.7 Å². The van der Waals surface area contributed by atoms with Crippen LogP contribution in [0.3, 0.4) is 0 Å². The van der Waals surface area contributed by atoms with Crippen LogP contribution in [0.25, 0.3) is 0 Å². The number of methoxy groups -OCH3 is 1. The van der Waals surface area contributed by atoms with Gasteiger partial charge in [0.15, 0.2) is 11.5 Å². The van der Waals surface area contributed by atoms with E-state index in [4.69, 9.17) is 9.47 Å². The molecule has 3 aromatic rings. The highest BCUT2D eigenvalue weighted by Crippen LogP contribution is 2.31. The molecule has 0 atom stereocenters. The molecule has 0 saturated heterocycles. The highest BCUT2D eigenvalue weighted by molar-refractivity contribution is 9.10. The molecule has 7 heteroatoms. The molecule has 0 fully saturated rings. The van der Waals surface area contributed by atoms with Crippen molar-refractivity contribution in [1.82, 2.24) is 4.98 Å². The van der Waals surface area contributed by atoms with E-state index >= 15 is 0 Å². The SMILES string of the molecule is COc1ccc(NC(=O)CCSc2ccc(Br)cc2)cc1OCc1ccncc1. The maximum absolute atomic E-state index is 12.3. The minimum atomic E-state index is -0.0418. The summed E-state index contributed by atoms with van der Waals surface area (Å²) in [7, 11) is 1.59. The van der Waals surface area contributed by atoms with Gasteiger partial charge in [-0.15, -0.1) is 11.8 Å². The second kappa shape index (κ2) is 10.9. The molecule has 1 amide bonds. The molecule has 3 rings (SSSR count). The number of anilines is 1. The molecule has 1 N–H and O–H groups in total. The van der Waals surface area contributed by atoms with E-state index in [1.54, 1.807) is 49.5 Å². The molecule has 2 aromatic carbocycles. The van der Waals surface area contributed by atoms with E-state index in [-0.39, 0.29) is 5.91 Å². The normalized spacial score (nSPS) is 10.4. The Balaban J connectivity index is 1.54. The van der Waals surface area contributed by atoms with Crippen molar-refractivity contribution >= 4 is 39.3 Å². The van der Waals surface area contributed by atoms with Crippen LogP contribution in [-0.4, -0.2) is 23.8 Å². The van der Waals surface area contributed by atoms with Gasteiger partial charge in [0, 0.05) is 45.7 Å². The van der Waals surface area contributed by atoms with Crippen molar-refractivity contribution < 1.29 is 14.3 Å². The van der Waals surface area contributed by atoms with E-state index in [0.29, 0.717) is 36.0 Å². The zero-order valence-electron chi connectivity index (χ0n) is 15.9. The van der Waals surface area contributed by atoms with Gasteiger partial charge in [0.25, 0.3) is 0 Å². The Kier molecular flexibility index (Phi) is 7.95. The lowest BCUT2D eigenvalue weighted by molar-refractivity contribution is -0.115. The van der Waals surface area contributed by atoms with Gasteiger partial charge in [-0.3, -0.25) is 9.78 Å². The summed E-state index contributed by atoms with van der Waals surface area (Å²) in [5.74, 6) is 1.85. The lowest BCUT2D eigenvalue weighted by Crippen LogP contribution is -2.12. The fourth-order valence-corrected chi connectivity index (χ4v) is 3.64. The Hall–Kier alpha value is -2.51. The highest BCUT2D eigenvalue weighted by atomic mass is 79.9. The van der Waals surface area contributed by atoms with Gasteiger partial charge in [-0.05, 0) is 54.1 Å². The number of carbonyl (C=O) groups excluding carboxylic acids is 1. The summed E-state index contributed by atoms with van der Waals surface area (Å²) in [5.41, 5.74) is 1.68. The third kappa shape index (κ3) is 6.80. The van der Waals surface area contributed by atoms with Crippen LogP contribution in [0.2, 0.25) is 0 Å². The fourth-order valence-electron chi connectivity index (χ4n) is 2.52. The number of hydrogen-bond acceptors (Lipinski definition) is 5. The number of nitrogens with one attached hydrogen (secondary N) is 1. The maximum atomic E-state index is 12.3. The van der Waals surface area contributed by atoms with Crippen molar-refractivity contribution in [2.24, 2.45) is 0 Å². The van der Waals surface area contributed by atoms with E-state index in [2.05, 4.69) is 26.2 Å². The van der Waals surface area contributed by atoms with Crippen molar-refractivity contribution in [2.75, 3.05) is 18.2 Å². The Bertz CT molecular complexity index is 937. The zero-order valence-corrected chi connectivity index (χ0v) is 18.3. The van der Waals surface area contributed by atoms with Gasteiger partial charge in [-0.1, -0.05) is 15.9 Å². The Morgan fingerprint density at radius 3 is 2.55 bits per heavy atom. The smallest absolute Gasteiger partial charge is 0.225 e. The molecule has 150 valence electrons. The molecule has 0 spiro atoms. The number of nitrogens with zero attached hydrogens (tertiary/aromatic N) is 1. The van der Waals surface area contributed by atoms with Gasteiger partial charge in [-0.25, -0.2) is 0 Å². The second-order valence-corrected chi connectivity index (χ2v) is 8.19. The Labute approximate surface area is 183 Å². The van der Waals surface area contributed by atoms with Gasteiger partial charge in [-0.2, -0.15) is 0 Å². The molecule has 0 radical (unpaired) electrons. The molecule has 0 saturated carbocycles. The Morgan fingerprint density at radius 1 is 1.07 bits per heavy atom. The summed E-state index contributed by atoms with van der Waals surface area (Å²) in [6, 6.07) is 17.2. The van der Waals surface area contributed by atoms with Gasteiger partial charge in [0.05, 0.1) is 7.11 Å². The quantitative estimate of drug-likeness (QED) is 0.413. The van der Waals surface area contributed by atoms with E-state index < -0.39 is 0 Å². The van der Waals surface area contributed by atoms with E-state index in [1.807, 2.05) is 36.4 Å². The van der Waals surface area contributed by atoms with Crippen LogP contribution in [0.5, 0.6) is 11.5 Å². The van der Waals surface area contributed by atoms with Crippen molar-refractivity contribution in [3.63, 3.8) is 0 Å². The van der Waals surface area contributed by atoms with E-state index in [9.17, 15) is 4.79 Å². The lowest BCUT2D eigenvalue weighted by atomic mass is 10.2. The first-order valence-electron chi connectivity index (χ1n) is 9.02. The molecule has 1 heterocycles. The van der Waals surface area contributed by atoms with Crippen LogP contribution in [0.4, 0.5) is 5.69 Å². The second-order valence-electron chi connectivity index (χ2n) is 6.11. The first kappa shape index (κ1) is 21.2. The largest absolute Gasteiger partial charge is 0.493 e. The fraction of sp³-hybridized carbons (Fsp3) is 0.182. The number of rotatable bonds is 9. The molecular weight excluding hydrogens is 452 g/mol. The van der Waals surface area contributed by atoms with E-state index in [1.165, 1.54) is 0 Å². The Morgan fingerprint density at radius 2 is 1.83 bits per heavy atom. The standard InChI is InChI=1S/C22H21BrN2O3S/c1-27-20-7-4-18(14-21(20)28-15-16-8-11-24-12-9-16)25-22(26)10-13-29-19-5-2-17(23)3-6-19/h2-9,11-12,14H,10,13,15H2,1H3,(H,25,26). The van der Waals surface area contributed by atoms with Crippen LogP contribution in [0, 0.1) is 0 Å². The number of benzene rings is 2. The topological polar surface area (TPSA) is 60.5 Å². The van der Waals surface area contributed by atoms with Gasteiger partial charge < -0.3 is 14.8 Å². The number of carbonyl (C=O) groups is 1. The summed E-state index contributed by atoms with van der Waals surface area (Å²) >= 11 is 5.07. The number of halogens is 1. The average molecular weight is 473 g/mol. The predicted molar refractivity (Wildman–Crippen MR) is 120 cm³/mol. The number of thioether (sulfide) groups is 1. The van der Waals surface area contributed by atoms with Crippen LogP contribution < -0.4 is 14.8 Å². The molecule has 5 nitrogen and oxygen atoms in total. The first-order valence-corrected chi connectivity index (χ1v) is 10.8. The van der Waals surface area contributed by atoms with Crippen molar-refractivity contribution in [2.45, 2.75) is 17.9 Å². The third-order valence-corrected chi connectivity index (χ3v) is 5.54. The van der Waals surface area contributed by atoms with Crippen LogP contribution in [0.1, 0.15) is 12.0 Å². The molecule has 0 aliphatic rings. The number of hydrogen-bond donors (Lipinski definition) is 1. The third-order valence-electron chi connectivity index (χ3n) is 4.00. The van der Waals surface area contributed by atoms with Crippen molar-refractivity contribution in [3.8, 4) is 11.5 Å². The molecule has 1 aromatic heterocycles. The van der Waals surface area contributed by atoms with Crippen molar-refractivity contribution in [1.29, 1.82) is 0 Å². The summed E-state index contributed by atoms with van der Waals surface area (Å²) < 4.78 is 12.3. The van der Waals surface area contributed by atoms with Crippen molar-refractivity contribution in [3.05, 3.63) is 77.0 Å². The zero-order chi connectivity index (χ0) is 20.5. The molecule has 0 unspecified atom stereocenters. The lowest BCUT2D eigenvalue weighted by Gasteiger charge is -2.13. The average Bonchev–Trinajstić information content (AvgIpc) is 2.74. The van der Waals surface area contributed by atoms with Gasteiger partial charge >= 0.3 is 0 Å². The monoisotopic (exact) mass is 472 g/mol. The van der Waals surface area contributed by atoms with Crippen LogP contribution in [-0.2, 0) is 11.4 Å². The molecular formula is C22H21BrN2O3S. The summed E-state index contributed by atoms with van der Waals surface area (Å²) in [5, 5.41) is 2.92. The maximum Gasteiger partial charge on any atom is 0.225 e. The minimum Gasteiger partial charge on any atom is -0.493 e. The molecule has 0 aliphatic heterocycles. The summed E-state index contributed by atoms with van der Waals surface area (Å²) in [6.07, 6.45) is 3.86. The predicted octanol–water partition coefficient (Wildman–Crippen LogP) is 5.55. The van der Waals surface area contributed by atoms with E-state index in [0.717, 1.165) is 14.9 Å². The minimum absolute atomic E-state index is 0.0418. The number of aromatic nitrogens is 1. The first-order chi connectivity index (χ1) is 14.1. The molecule has 0 bridgehead atoms. The number of ether oxygens (including phenoxy) is 2. The number of pyridine rings is 1. The summed E-state index contributed by atoms with van der Waals surface area (Å²) in [4.78, 5) is 17.4. The van der Waals surface area contributed by atoms with Gasteiger partial charge in [0.2, 0.25) is 5.91 Å². The summed E-state index contributed by atoms with van der Waals surface area (Å²) in [6.45, 7) is 0.389.